The molecule has 1 amide bonds. The Bertz CT molecular complexity index is 664. The van der Waals surface area contributed by atoms with E-state index in [1.165, 1.54) is 6.07 Å². The van der Waals surface area contributed by atoms with Crippen LogP contribution in [-0.2, 0) is 11.3 Å². The van der Waals surface area contributed by atoms with E-state index in [-0.39, 0.29) is 11.7 Å². The quantitative estimate of drug-likeness (QED) is 0.828. The molecule has 0 spiro atoms. The van der Waals surface area contributed by atoms with Crippen LogP contribution < -0.4 is 10.1 Å². The number of rotatable bonds is 6. The first-order valence-corrected chi connectivity index (χ1v) is 7.54. The average molecular weight is 323 g/mol. The summed E-state index contributed by atoms with van der Waals surface area (Å²) >= 11 is 1.15. The lowest BCUT2D eigenvalue weighted by atomic mass is 10.2. The van der Waals surface area contributed by atoms with Gasteiger partial charge in [-0.25, -0.2) is 8.78 Å². The number of hydrogen-bond acceptors (Lipinski definition) is 3. The van der Waals surface area contributed by atoms with Gasteiger partial charge >= 0.3 is 0 Å². The van der Waals surface area contributed by atoms with Crippen molar-refractivity contribution in [1.29, 1.82) is 0 Å². The summed E-state index contributed by atoms with van der Waals surface area (Å²) in [6.07, 6.45) is 0. The van der Waals surface area contributed by atoms with Crippen LogP contribution in [0.3, 0.4) is 0 Å². The van der Waals surface area contributed by atoms with Crippen LogP contribution in [0.15, 0.2) is 47.4 Å². The molecule has 2 rings (SSSR count). The molecular formula is C16H15F2NO2S. The van der Waals surface area contributed by atoms with Gasteiger partial charge in [-0.3, -0.25) is 4.79 Å². The number of carbonyl (C=O) groups is 1. The minimum absolute atomic E-state index is 0.134. The second-order valence-corrected chi connectivity index (χ2v) is 5.54. The SMILES string of the molecule is COc1cccc(CNC(=O)CSc2ccc(F)c(F)c2)c1. The van der Waals surface area contributed by atoms with Gasteiger partial charge in [-0.2, -0.15) is 0 Å². The van der Waals surface area contributed by atoms with Crippen molar-refractivity contribution in [3.8, 4) is 5.75 Å². The van der Waals surface area contributed by atoms with Crippen LogP contribution in [0.1, 0.15) is 5.56 Å². The second kappa shape index (κ2) is 7.79. The van der Waals surface area contributed by atoms with E-state index in [1.807, 2.05) is 24.3 Å². The molecule has 0 heterocycles. The third-order valence-corrected chi connectivity index (χ3v) is 3.88. The van der Waals surface area contributed by atoms with E-state index in [0.29, 0.717) is 11.4 Å². The molecule has 0 radical (unpaired) electrons. The predicted octanol–water partition coefficient (Wildman–Crippen LogP) is 3.38. The van der Waals surface area contributed by atoms with E-state index < -0.39 is 11.6 Å². The van der Waals surface area contributed by atoms with Crippen LogP contribution >= 0.6 is 11.8 Å². The zero-order chi connectivity index (χ0) is 15.9. The van der Waals surface area contributed by atoms with Gasteiger partial charge in [-0.05, 0) is 35.9 Å². The maximum Gasteiger partial charge on any atom is 0.230 e. The Morgan fingerprint density at radius 1 is 1.18 bits per heavy atom. The van der Waals surface area contributed by atoms with Gasteiger partial charge in [0.25, 0.3) is 0 Å². The van der Waals surface area contributed by atoms with Crippen molar-refractivity contribution in [3.05, 3.63) is 59.7 Å². The van der Waals surface area contributed by atoms with Crippen molar-refractivity contribution in [2.24, 2.45) is 0 Å². The third-order valence-electron chi connectivity index (χ3n) is 2.88. The molecule has 2 aromatic carbocycles. The Morgan fingerprint density at radius 2 is 2.00 bits per heavy atom. The second-order valence-electron chi connectivity index (χ2n) is 4.49. The summed E-state index contributed by atoms with van der Waals surface area (Å²) in [5, 5.41) is 2.76. The number of thioether (sulfide) groups is 1. The molecule has 0 aromatic heterocycles. The molecule has 0 saturated heterocycles. The van der Waals surface area contributed by atoms with Crippen LogP contribution in [0.4, 0.5) is 8.78 Å². The molecule has 0 unspecified atom stereocenters. The number of amides is 1. The van der Waals surface area contributed by atoms with Gasteiger partial charge in [-0.1, -0.05) is 12.1 Å². The number of methoxy groups -OCH3 is 1. The summed E-state index contributed by atoms with van der Waals surface area (Å²) < 4.78 is 30.9. The summed E-state index contributed by atoms with van der Waals surface area (Å²) in [4.78, 5) is 12.3. The largest absolute Gasteiger partial charge is 0.497 e. The van der Waals surface area contributed by atoms with Crippen LogP contribution in [-0.4, -0.2) is 18.8 Å². The zero-order valence-corrected chi connectivity index (χ0v) is 12.8. The lowest BCUT2D eigenvalue weighted by Crippen LogP contribution is -2.24. The standard InChI is InChI=1S/C16H15F2NO2S/c1-21-12-4-2-3-11(7-12)9-19-16(20)10-22-13-5-6-14(17)15(18)8-13/h2-8H,9-10H2,1H3,(H,19,20). The molecule has 0 aliphatic carbocycles. The van der Waals surface area contributed by atoms with Crippen LogP contribution in [0.5, 0.6) is 5.75 Å². The van der Waals surface area contributed by atoms with Crippen LogP contribution in [0, 0.1) is 11.6 Å². The monoisotopic (exact) mass is 323 g/mol. The van der Waals surface area contributed by atoms with E-state index >= 15 is 0 Å². The fraction of sp³-hybridized carbons (Fsp3) is 0.188. The van der Waals surface area contributed by atoms with Gasteiger partial charge < -0.3 is 10.1 Å². The highest BCUT2D eigenvalue weighted by Crippen LogP contribution is 2.20. The van der Waals surface area contributed by atoms with Crippen LogP contribution in [0.2, 0.25) is 0 Å². The number of benzene rings is 2. The molecule has 1 N–H and O–H groups in total. The minimum atomic E-state index is -0.915. The van der Waals surface area contributed by atoms with Gasteiger partial charge in [-0.15, -0.1) is 11.8 Å². The van der Waals surface area contributed by atoms with Gasteiger partial charge in [0.05, 0.1) is 12.9 Å². The van der Waals surface area contributed by atoms with Crippen molar-refractivity contribution < 1.29 is 18.3 Å². The molecule has 3 nitrogen and oxygen atoms in total. The Kier molecular flexibility index (Phi) is 5.77. The number of halogens is 2. The normalized spacial score (nSPS) is 10.3. The number of hydrogen-bond donors (Lipinski definition) is 1. The summed E-state index contributed by atoms with van der Waals surface area (Å²) in [6, 6.07) is 11.0. The van der Waals surface area contributed by atoms with E-state index in [9.17, 15) is 13.6 Å². The fourth-order valence-corrected chi connectivity index (χ4v) is 2.50. The van der Waals surface area contributed by atoms with Crippen LogP contribution in [0.25, 0.3) is 0 Å². The molecule has 0 fully saturated rings. The van der Waals surface area contributed by atoms with E-state index in [0.717, 1.165) is 35.2 Å². The molecular weight excluding hydrogens is 308 g/mol. The molecule has 0 aliphatic heterocycles. The van der Waals surface area contributed by atoms with Gasteiger partial charge in [0, 0.05) is 11.4 Å². The topological polar surface area (TPSA) is 38.3 Å². The molecule has 6 heteroatoms. The van der Waals surface area contributed by atoms with E-state index in [2.05, 4.69) is 5.32 Å². The summed E-state index contributed by atoms with van der Waals surface area (Å²) in [7, 11) is 1.58. The Balaban J connectivity index is 1.81. The maximum absolute atomic E-state index is 13.0. The van der Waals surface area contributed by atoms with Crippen molar-refractivity contribution in [2.75, 3.05) is 12.9 Å². The Hall–Kier alpha value is -2.08. The zero-order valence-electron chi connectivity index (χ0n) is 11.9. The highest BCUT2D eigenvalue weighted by Gasteiger charge is 2.06. The maximum atomic E-state index is 13.0. The molecule has 0 atom stereocenters. The summed E-state index contributed by atoms with van der Waals surface area (Å²) in [6.45, 7) is 0.383. The Morgan fingerprint density at radius 3 is 2.73 bits per heavy atom. The van der Waals surface area contributed by atoms with Gasteiger partial charge in [0.15, 0.2) is 11.6 Å². The molecule has 116 valence electrons. The number of carbonyl (C=O) groups excluding carboxylic acids is 1. The molecule has 0 aliphatic rings. The summed E-state index contributed by atoms with van der Waals surface area (Å²) in [5.41, 5.74) is 0.922. The highest BCUT2D eigenvalue weighted by atomic mass is 32.2. The van der Waals surface area contributed by atoms with E-state index in [1.54, 1.807) is 7.11 Å². The van der Waals surface area contributed by atoms with Crippen molar-refractivity contribution in [1.82, 2.24) is 5.32 Å². The average Bonchev–Trinajstić information content (AvgIpc) is 2.54. The van der Waals surface area contributed by atoms with E-state index in [4.69, 9.17) is 4.74 Å². The first-order chi connectivity index (χ1) is 10.6. The molecule has 22 heavy (non-hydrogen) atoms. The predicted molar refractivity (Wildman–Crippen MR) is 81.9 cm³/mol. The molecule has 2 aromatic rings. The van der Waals surface area contributed by atoms with Crippen molar-refractivity contribution in [2.45, 2.75) is 11.4 Å². The van der Waals surface area contributed by atoms with Gasteiger partial charge in [0.2, 0.25) is 5.91 Å². The first-order valence-electron chi connectivity index (χ1n) is 6.56. The van der Waals surface area contributed by atoms with Gasteiger partial charge in [0.1, 0.15) is 5.75 Å². The fourth-order valence-electron chi connectivity index (χ4n) is 1.75. The Labute approximate surface area is 131 Å². The third kappa shape index (κ3) is 4.73. The lowest BCUT2D eigenvalue weighted by Gasteiger charge is -2.07. The van der Waals surface area contributed by atoms with Crippen molar-refractivity contribution >= 4 is 17.7 Å². The molecule has 0 bridgehead atoms. The van der Waals surface area contributed by atoms with Crippen molar-refractivity contribution in [3.63, 3.8) is 0 Å². The smallest absolute Gasteiger partial charge is 0.230 e. The summed E-state index contributed by atoms with van der Waals surface area (Å²) in [5.74, 6) is -1.14. The number of ether oxygens (including phenoxy) is 1. The first kappa shape index (κ1) is 16.3. The highest BCUT2D eigenvalue weighted by molar-refractivity contribution is 8.00. The number of nitrogens with one attached hydrogen (secondary N) is 1. The minimum Gasteiger partial charge on any atom is -0.497 e. The molecule has 0 saturated carbocycles. The lowest BCUT2D eigenvalue weighted by molar-refractivity contribution is -0.118.